The van der Waals surface area contributed by atoms with Crippen molar-refractivity contribution >= 4 is 17.6 Å². The van der Waals surface area contributed by atoms with Gasteiger partial charge in [0.2, 0.25) is 0 Å². The molecular formula is C25H24ClNO4. The molecule has 0 saturated carbocycles. The normalized spacial score (nSPS) is 16.3. The number of halogens is 1. The van der Waals surface area contributed by atoms with Crippen molar-refractivity contribution in [1.82, 2.24) is 5.32 Å². The van der Waals surface area contributed by atoms with Crippen molar-refractivity contribution in [1.29, 1.82) is 0 Å². The lowest BCUT2D eigenvalue weighted by atomic mass is 9.96. The van der Waals surface area contributed by atoms with Crippen LogP contribution in [-0.4, -0.2) is 35.4 Å². The third kappa shape index (κ3) is 5.25. The average Bonchev–Trinajstić information content (AvgIpc) is 2.78. The zero-order valence-electron chi connectivity index (χ0n) is 16.9. The Bertz CT molecular complexity index is 1070. The Morgan fingerprint density at radius 1 is 1.10 bits per heavy atom. The van der Waals surface area contributed by atoms with E-state index in [9.17, 15) is 9.90 Å². The van der Waals surface area contributed by atoms with Gasteiger partial charge >= 0.3 is 5.97 Å². The van der Waals surface area contributed by atoms with Crippen LogP contribution in [0, 0.1) is 0 Å². The number of aromatic carboxylic acids is 1. The Morgan fingerprint density at radius 3 is 2.61 bits per heavy atom. The highest BCUT2D eigenvalue weighted by molar-refractivity contribution is 6.30. The molecular weight excluding hydrogens is 414 g/mol. The second kappa shape index (κ2) is 9.52. The number of aliphatic hydroxyl groups excluding tert-OH is 1. The van der Waals surface area contributed by atoms with Crippen LogP contribution in [0.5, 0.6) is 5.75 Å². The number of hydrogen-bond donors (Lipinski definition) is 3. The van der Waals surface area contributed by atoms with Crippen LogP contribution < -0.4 is 10.1 Å². The number of nitrogens with one attached hydrogen (secondary N) is 1. The summed E-state index contributed by atoms with van der Waals surface area (Å²) in [7, 11) is 0. The van der Waals surface area contributed by atoms with E-state index in [0.29, 0.717) is 18.1 Å². The van der Waals surface area contributed by atoms with Crippen LogP contribution >= 0.6 is 11.6 Å². The minimum absolute atomic E-state index is 0.0414. The molecule has 5 nitrogen and oxygen atoms in total. The van der Waals surface area contributed by atoms with Gasteiger partial charge in [0.25, 0.3) is 0 Å². The highest BCUT2D eigenvalue weighted by Gasteiger charge is 2.20. The van der Waals surface area contributed by atoms with E-state index in [1.54, 1.807) is 24.3 Å². The van der Waals surface area contributed by atoms with Gasteiger partial charge in [-0.15, -0.1) is 0 Å². The van der Waals surface area contributed by atoms with Crippen LogP contribution in [0.1, 0.15) is 34.0 Å². The molecule has 0 aromatic heterocycles. The molecule has 2 unspecified atom stereocenters. The van der Waals surface area contributed by atoms with Crippen molar-refractivity contribution in [2.24, 2.45) is 0 Å². The third-order valence-electron chi connectivity index (χ3n) is 5.50. The predicted octanol–water partition coefficient (Wildman–Crippen LogP) is 4.72. The van der Waals surface area contributed by atoms with Gasteiger partial charge in [0.15, 0.2) is 0 Å². The van der Waals surface area contributed by atoms with Crippen molar-refractivity contribution < 1.29 is 19.7 Å². The standard InChI is InChI=1S/C25H24ClNO4/c26-21-3-1-2-19(13-21)23(28)15-27-14-22-10-8-20-12-18(9-11-24(20)31-22)16-4-6-17(7-5-16)25(29)30/h1-7,9,11-13,22-23,27-28H,8,10,14-15H2,(H,29,30). The summed E-state index contributed by atoms with van der Waals surface area (Å²) in [5, 5.41) is 23.3. The maximum Gasteiger partial charge on any atom is 0.335 e. The number of aryl methyl sites for hydroxylation is 1. The molecule has 0 radical (unpaired) electrons. The van der Waals surface area contributed by atoms with Gasteiger partial charge in [-0.25, -0.2) is 4.79 Å². The van der Waals surface area contributed by atoms with Crippen LogP contribution in [-0.2, 0) is 6.42 Å². The molecule has 0 amide bonds. The van der Waals surface area contributed by atoms with Crippen LogP contribution in [0.2, 0.25) is 5.02 Å². The summed E-state index contributed by atoms with van der Waals surface area (Å²) in [6, 6.07) is 20.2. The van der Waals surface area contributed by atoms with Crippen LogP contribution in [0.15, 0.2) is 66.7 Å². The maximum atomic E-state index is 11.0. The minimum atomic E-state index is -0.926. The first-order valence-corrected chi connectivity index (χ1v) is 10.6. The Morgan fingerprint density at radius 2 is 1.87 bits per heavy atom. The Labute approximate surface area is 186 Å². The Balaban J connectivity index is 1.33. The highest BCUT2D eigenvalue weighted by atomic mass is 35.5. The van der Waals surface area contributed by atoms with Crippen molar-refractivity contribution in [2.75, 3.05) is 13.1 Å². The molecule has 0 bridgehead atoms. The maximum absolute atomic E-state index is 11.0. The summed E-state index contributed by atoms with van der Waals surface area (Å²) in [4.78, 5) is 11.0. The fraction of sp³-hybridized carbons (Fsp3) is 0.240. The number of benzene rings is 3. The van der Waals surface area contributed by atoms with Gasteiger partial charge in [-0.2, -0.15) is 0 Å². The largest absolute Gasteiger partial charge is 0.489 e. The van der Waals surface area contributed by atoms with E-state index in [-0.39, 0.29) is 11.7 Å². The summed E-state index contributed by atoms with van der Waals surface area (Å²) in [5.41, 5.74) is 4.24. The summed E-state index contributed by atoms with van der Waals surface area (Å²) >= 11 is 5.99. The summed E-state index contributed by atoms with van der Waals surface area (Å²) in [6.07, 6.45) is 1.21. The lowest BCUT2D eigenvalue weighted by Gasteiger charge is -2.27. The number of fused-ring (bicyclic) bond motifs is 1. The topological polar surface area (TPSA) is 78.8 Å². The monoisotopic (exact) mass is 437 g/mol. The predicted molar refractivity (Wildman–Crippen MR) is 121 cm³/mol. The van der Waals surface area contributed by atoms with Gasteiger partial charge < -0.3 is 20.3 Å². The summed E-state index contributed by atoms with van der Waals surface area (Å²) in [5.74, 6) is -0.0514. The molecule has 3 aromatic carbocycles. The highest BCUT2D eigenvalue weighted by Crippen LogP contribution is 2.32. The van der Waals surface area contributed by atoms with Gasteiger partial charge in [0.1, 0.15) is 11.9 Å². The quantitative estimate of drug-likeness (QED) is 0.498. The minimum Gasteiger partial charge on any atom is -0.489 e. The number of hydrogen-bond acceptors (Lipinski definition) is 4. The molecule has 160 valence electrons. The molecule has 3 aromatic rings. The molecule has 1 heterocycles. The third-order valence-corrected chi connectivity index (χ3v) is 5.73. The van der Waals surface area contributed by atoms with Crippen LogP contribution in [0.3, 0.4) is 0 Å². The molecule has 2 atom stereocenters. The van der Waals surface area contributed by atoms with E-state index in [4.69, 9.17) is 21.4 Å². The zero-order chi connectivity index (χ0) is 21.8. The fourth-order valence-electron chi connectivity index (χ4n) is 3.79. The molecule has 0 saturated heterocycles. The van der Waals surface area contributed by atoms with E-state index >= 15 is 0 Å². The number of aliphatic hydroxyl groups is 1. The molecule has 3 N–H and O–H groups in total. The second-order valence-corrected chi connectivity index (χ2v) is 8.15. The molecule has 1 aliphatic rings. The van der Waals surface area contributed by atoms with Gasteiger partial charge in [-0.05, 0) is 71.5 Å². The molecule has 1 aliphatic heterocycles. The Hall–Kier alpha value is -2.86. The van der Waals surface area contributed by atoms with Gasteiger partial charge in [-0.1, -0.05) is 41.9 Å². The molecule has 6 heteroatoms. The second-order valence-electron chi connectivity index (χ2n) is 7.71. The summed E-state index contributed by atoms with van der Waals surface area (Å²) < 4.78 is 6.14. The molecule has 4 rings (SSSR count). The number of carbonyl (C=O) groups is 1. The molecule has 0 fully saturated rings. The number of rotatable bonds is 7. The first kappa shape index (κ1) is 21.4. The number of ether oxygens (including phenoxy) is 1. The van der Waals surface area contributed by atoms with E-state index in [2.05, 4.69) is 11.4 Å². The first-order chi connectivity index (χ1) is 15.0. The molecule has 0 spiro atoms. The summed E-state index contributed by atoms with van der Waals surface area (Å²) in [6.45, 7) is 1.08. The van der Waals surface area contributed by atoms with Gasteiger partial charge in [-0.3, -0.25) is 0 Å². The van der Waals surface area contributed by atoms with Crippen molar-refractivity contribution in [3.8, 4) is 16.9 Å². The SMILES string of the molecule is O=C(O)c1ccc(-c2ccc3c(c2)CCC(CNCC(O)c2cccc(Cl)c2)O3)cc1. The average molecular weight is 438 g/mol. The van der Waals surface area contributed by atoms with E-state index < -0.39 is 12.1 Å². The molecule has 31 heavy (non-hydrogen) atoms. The van der Waals surface area contributed by atoms with Gasteiger partial charge in [0.05, 0.1) is 11.7 Å². The number of carboxylic acids is 1. The van der Waals surface area contributed by atoms with Crippen molar-refractivity contribution in [3.05, 3.63) is 88.4 Å². The van der Waals surface area contributed by atoms with Crippen LogP contribution in [0.4, 0.5) is 0 Å². The smallest absolute Gasteiger partial charge is 0.335 e. The zero-order valence-corrected chi connectivity index (χ0v) is 17.7. The fourth-order valence-corrected chi connectivity index (χ4v) is 3.98. The van der Waals surface area contributed by atoms with E-state index in [1.807, 2.05) is 36.4 Å². The van der Waals surface area contributed by atoms with Crippen LogP contribution in [0.25, 0.3) is 11.1 Å². The van der Waals surface area contributed by atoms with E-state index in [0.717, 1.165) is 40.8 Å². The number of carboxylic acid groups (broad SMARTS) is 1. The lowest BCUT2D eigenvalue weighted by Crippen LogP contribution is -2.36. The lowest BCUT2D eigenvalue weighted by molar-refractivity contribution is 0.0697. The Kier molecular flexibility index (Phi) is 6.56. The van der Waals surface area contributed by atoms with E-state index in [1.165, 1.54) is 0 Å². The van der Waals surface area contributed by atoms with Gasteiger partial charge in [0, 0.05) is 18.1 Å². The first-order valence-electron chi connectivity index (χ1n) is 10.3. The van der Waals surface area contributed by atoms with Crippen molar-refractivity contribution in [3.63, 3.8) is 0 Å². The van der Waals surface area contributed by atoms with Crippen molar-refractivity contribution in [2.45, 2.75) is 25.0 Å². The molecule has 0 aliphatic carbocycles.